The second kappa shape index (κ2) is 9.13. The van der Waals surface area contributed by atoms with Gasteiger partial charge in [0, 0.05) is 12.4 Å². The van der Waals surface area contributed by atoms with Gasteiger partial charge in [0.15, 0.2) is 0 Å². The van der Waals surface area contributed by atoms with Crippen molar-refractivity contribution in [3.8, 4) is 17.6 Å². The third-order valence-corrected chi connectivity index (χ3v) is 6.02. The Labute approximate surface area is 162 Å². The van der Waals surface area contributed by atoms with Crippen molar-refractivity contribution in [3.63, 3.8) is 0 Å². The fourth-order valence-electron chi connectivity index (χ4n) is 4.63. The molecular formula is C24H29O3-. The molecule has 0 aliphatic heterocycles. The van der Waals surface area contributed by atoms with Gasteiger partial charge in [-0.3, -0.25) is 0 Å². The molecule has 0 amide bonds. The van der Waals surface area contributed by atoms with E-state index in [9.17, 15) is 9.90 Å². The number of carbonyl (C=O) groups excluding carboxylic acids is 1. The number of carboxylic acids is 1. The topological polar surface area (TPSA) is 49.4 Å². The average molecular weight is 365 g/mol. The molecule has 0 heterocycles. The van der Waals surface area contributed by atoms with Crippen molar-refractivity contribution in [2.75, 3.05) is 6.61 Å². The number of benzene rings is 1. The summed E-state index contributed by atoms with van der Waals surface area (Å²) in [6, 6.07) is 7.64. The average Bonchev–Trinajstić information content (AvgIpc) is 2.67. The van der Waals surface area contributed by atoms with Crippen molar-refractivity contribution in [2.24, 2.45) is 5.41 Å². The molecule has 27 heavy (non-hydrogen) atoms. The summed E-state index contributed by atoms with van der Waals surface area (Å²) in [4.78, 5) is 10.9. The van der Waals surface area contributed by atoms with Crippen LogP contribution in [0.3, 0.4) is 0 Å². The van der Waals surface area contributed by atoms with Crippen LogP contribution in [0.2, 0.25) is 0 Å². The van der Waals surface area contributed by atoms with Gasteiger partial charge in [-0.05, 0) is 67.7 Å². The Hall–Kier alpha value is -2.21. The molecule has 1 aromatic carbocycles. The number of carboxylic acid groups (broad SMARTS) is 1. The lowest BCUT2D eigenvalue weighted by atomic mass is 9.65. The molecule has 2 aliphatic carbocycles. The molecule has 1 atom stereocenters. The molecule has 0 N–H and O–H groups in total. The van der Waals surface area contributed by atoms with Gasteiger partial charge in [-0.15, -0.1) is 5.92 Å². The van der Waals surface area contributed by atoms with Gasteiger partial charge >= 0.3 is 0 Å². The zero-order valence-corrected chi connectivity index (χ0v) is 16.3. The highest BCUT2D eigenvalue weighted by atomic mass is 16.5. The first kappa shape index (κ1) is 19.5. The monoisotopic (exact) mass is 365 g/mol. The van der Waals surface area contributed by atoms with Crippen molar-refractivity contribution in [1.82, 2.24) is 0 Å². The van der Waals surface area contributed by atoms with E-state index in [1.165, 1.54) is 56.9 Å². The van der Waals surface area contributed by atoms with E-state index in [1.807, 2.05) is 24.3 Å². The number of carbonyl (C=O) groups is 1. The van der Waals surface area contributed by atoms with E-state index >= 15 is 0 Å². The van der Waals surface area contributed by atoms with Crippen molar-refractivity contribution >= 4 is 5.97 Å². The highest BCUT2D eigenvalue weighted by molar-refractivity contribution is 5.66. The summed E-state index contributed by atoms with van der Waals surface area (Å²) in [5.74, 6) is 5.16. The fraction of sp³-hybridized carbons (Fsp3) is 0.542. The lowest BCUT2D eigenvalue weighted by molar-refractivity contribution is -0.305. The third-order valence-electron chi connectivity index (χ3n) is 6.02. The molecule has 0 saturated heterocycles. The zero-order valence-electron chi connectivity index (χ0n) is 16.3. The maximum atomic E-state index is 10.9. The quantitative estimate of drug-likeness (QED) is 0.555. The van der Waals surface area contributed by atoms with Crippen LogP contribution in [0, 0.1) is 17.3 Å². The van der Waals surface area contributed by atoms with Gasteiger partial charge < -0.3 is 14.6 Å². The predicted molar refractivity (Wildman–Crippen MR) is 105 cm³/mol. The van der Waals surface area contributed by atoms with E-state index in [0.717, 1.165) is 11.3 Å². The molecule has 1 aromatic rings. The van der Waals surface area contributed by atoms with E-state index < -0.39 is 5.97 Å². The second-order valence-corrected chi connectivity index (χ2v) is 8.02. The van der Waals surface area contributed by atoms with Crippen molar-refractivity contribution in [1.29, 1.82) is 0 Å². The van der Waals surface area contributed by atoms with Crippen molar-refractivity contribution < 1.29 is 14.6 Å². The molecule has 0 bridgehead atoms. The number of aliphatic carboxylic acids is 1. The van der Waals surface area contributed by atoms with Crippen LogP contribution in [-0.4, -0.2) is 12.6 Å². The van der Waals surface area contributed by atoms with Crippen molar-refractivity contribution in [3.05, 3.63) is 41.5 Å². The Morgan fingerprint density at radius 1 is 1.19 bits per heavy atom. The molecule has 1 spiro atoms. The molecule has 0 aromatic heterocycles. The van der Waals surface area contributed by atoms with Crippen LogP contribution < -0.4 is 9.84 Å². The van der Waals surface area contributed by atoms with Gasteiger partial charge in [0.1, 0.15) is 12.4 Å². The maximum Gasteiger partial charge on any atom is 0.119 e. The maximum absolute atomic E-state index is 10.9. The lowest BCUT2D eigenvalue weighted by Crippen LogP contribution is -2.28. The molecule has 2 aliphatic rings. The van der Waals surface area contributed by atoms with E-state index in [-0.39, 0.29) is 12.3 Å². The van der Waals surface area contributed by atoms with Crippen LogP contribution >= 0.6 is 0 Å². The number of allylic oxidation sites excluding steroid dienone is 1. The van der Waals surface area contributed by atoms with Crippen LogP contribution in [0.4, 0.5) is 0 Å². The van der Waals surface area contributed by atoms with Crippen LogP contribution in [-0.2, 0) is 4.79 Å². The van der Waals surface area contributed by atoms with Gasteiger partial charge in [0.2, 0.25) is 0 Å². The molecule has 1 fully saturated rings. The predicted octanol–water partition coefficient (Wildman–Crippen LogP) is 4.37. The van der Waals surface area contributed by atoms with Gasteiger partial charge in [-0.2, -0.15) is 0 Å². The minimum absolute atomic E-state index is 0.0873. The number of hydrogen-bond donors (Lipinski definition) is 0. The first-order valence-electron chi connectivity index (χ1n) is 10.1. The third kappa shape index (κ3) is 5.39. The zero-order chi connectivity index (χ0) is 19.1. The van der Waals surface area contributed by atoms with E-state index in [1.54, 1.807) is 6.92 Å². The Bertz CT molecular complexity index is 727. The van der Waals surface area contributed by atoms with Gasteiger partial charge in [0.05, 0.1) is 5.92 Å². The normalized spacial score (nSPS) is 19.5. The molecular weight excluding hydrogens is 336 g/mol. The van der Waals surface area contributed by atoms with Crippen molar-refractivity contribution in [2.45, 2.75) is 70.6 Å². The van der Waals surface area contributed by atoms with Gasteiger partial charge in [0.25, 0.3) is 0 Å². The summed E-state index contributed by atoms with van der Waals surface area (Å²) in [6.45, 7) is 2.37. The van der Waals surface area contributed by atoms with Crippen LogP contribution in [0.15, 0.2) is 35.9 Å². The summed E-state index contributed by atoms with van der Waals surface area (Å²) < 4.78 is 6.02. The highest BCUT2D eigenvalue weighted by Crippen LogP contribution is 2.47. The number of rotatable bonds is 6. The molecule has 3 nitrogen and oxygen atoms in total. The lowest BCUT2D eigenvalue weighted by Gasteiger charge is -2.40. The highest BCUT2D eigenvalue weighted by Gasteiger charge is 2.34. The summed E-state index contributed by atoms with van der Waals surface area (Å²) in [5.41, 5.74) is 2.85. The van der Waals surface area contributed by atoms with Crippen LogP contribution in [0.5, 0.6) is 5.75 Å². The Morgan fingerprint density at radius 3 is 2.59 bits per heavy atom. The molecule has 0 radical (unpaired) electrons. The van der Waals surface area contributed by atoms with Gasteiger partial charge in [-0.25, -0.2) is 0 Å². The standard InChI is InChI=1S/C24H30O3/c1-2-7-21(16-23(25)26)20-9-11-22(12-10-20)27-18-19-8-6-15-24(17-19)13-4-3-5-14-24/h8-12,21H,3-6,13-18H2,1H3,(H,25,26)/p-1/t21-/m0/s1. The Balaban J connectivity index is 1.57. The van der Waals surface area contributed by atoms with E-state index in [0.29, 0.717) is 12.0 Å². The molecule has 3 heteroatoms. The number of hydrogen-bond acceptors (Lipinski definition) is 3. The summed E-state index contributed by atoms with van der Waals surface area (Å²) in [5, 5.41) is 10.9. The SMILES string of the molecule is CC#C[C@@H](CC(=O)[O-])c1ccc(OCC2=CCCC3(CCCCC3)C2)cc1. The smallest absolute Gasteiger partial charge is 0.119 e. The largest absolute Gasteiger partial charge is 0.550 e. The molecule has 144 valence electrons. The van der Waals surface area contributed by atoms with Crippen LogP contribution in [0.25, 0.3) is 0 Å². The minimum Gasteiger partial charge on any atom is -0.550 e. The fourth-order valence-corrected chi connectivity index (χ4v) is 4.63. The van der Waals surface area contributed by atoms with Crippen LogP contribution in [0.1, 0.15) is 76.2 Å². The first-order chi connectivity index (χ1) is 13.1. The molecule has 0 unspecified atom stereocenters. The summed E-state index contributed by atoms with van der Waals surface area (Å²) in [7, 11) is 0. The van der Waals surface area contributed by atoms with E-state index in [2.05, 4.69) is 17.9 Å². The second-order valence-electron chi connectivity index (χ2n) is 8.02. The Morgan fingerprint density at radius 2 is 1.93 bits per heavy atom. The summed E-state index contributed by atoms with van der Waals surface area (Å²) >= 11 is 0. The minimum atomic E-state index is -1.08. The first-order valence-corrected chi connectivity index (χ1v) is 10.1. The van der Waals surface area contributed by atoms with E-state index in [4.69, 9.17) is 4.74 Å². The Kier molecular flexibility index (Phi) is 6.61. The molecule has 1 saturated carbocycles. The summed E-state index contributed by atoms with van der Waals surface area (Å²) in [6.07, 6.45) is 12.9. The van der Waals surface area contributed by atoms with Gasteiger partial charge in [-0.1, -0.05) is 43.4 Å². The number of ether oxygens (including phenoxy) is 1. The molecule has 3 rings (SSSR count).